The van der Waals surface area contributed by atoms with Crippen molar-refractivity contribution in [2.45, 2.75) is 13.3 Å². The Labute approximate surface area is 113 Å². The van der Waals surface area contributed by atoms with E-state index in [-0.39, 0.29) is 18.9 Å². The zero-order valence-electron chi connectivity index (χ0n) is 10.0. The van der Waals surface area contributed by atoms with Crippen LogP contribution in [0.2, 0.25) is 5.02 Å². The summed E-state index contributed by atoms with van der Waals surface area (Å²) in [7, 11) is 0. The first-order valence-electron chi connectivity index (χ1n) is 5.45. The lowest BCUT2D eigenvalue weighted by Gasteiger charge is -2.11. The number of amides is 1. The summed E-state index contributed by atoms with van der Waals surface area (Å²) < 4.78 is 26.5. The molecular weight excluding hydrogens is 280 g/mol. The Bertz CT molecular complexity index is 508. The monoisotopic (exact) mass is 291 g/mol. The number of carbonyl (C=O) groups is 2. The maximum absolute atomic E-state index is 13.4. The summed E-state index contributed by atoms with van der Waals surface area (Å²) in [6, 6.07) is 1.42. The molecule has 0 heterocycles. The van der Waals surface area contributed by atoms with Crippen molar-refractivity contribution in [3.63, 3.8) is 0 Å². The summed E-state index contributed by atoms with van der Waals surface area (Å²) in [5.74, 6) is -3.96. The summed E-state index contributed by atoms with van der Waals surface area (Å²) in [5, 5.41) is 10.5. The van der Waals surface area contributed by atoms with Crippen LogP contribution in [0.15, 0.2) is 12.1 Å². The molecule has 0 radical (unpaired) electrons. The van der Waals surface area contributed by atoms with Gasteiger partial charge in [0.05, 0.1) is 10.6 Å². The fourth-order valence-electron chi connectivity index (χ4n) is 1.43. The van der Waals surface area contributed by atoms with E-state index in [0.29, 0.717) is 12.1 Å². The lowest BCUT2D eigenvalue weighted by Crippen LogP contribution is -2.30. The summed E-state index contributed by atoms with van der Waals surface area (Å²) in [4.78, 5) is 22.0. The van der Waals surface area contributed by atoms with Crippen LogP contribution in [0.25, 0.3) is 0 Å². The Kier molecular flexibility index (Phi) is 5.23. The van der Waals surface area contributed by atoms with Crippen molar-refractivity contribution in [2.24, 2.45) is 5.92 Å². The predicted molar refractivity (Wildman–Crippen MR) is 65.1 cm³/mol. The quantitative estimate of drug-likeness (QED) is 0.819. The molecule has 0 saturated heterocycles. The maximum Gasteiger partial charge on any atom is 0.303 e. The van der Waals surface area contributed by atoms with Crippen LogP contribution >= 0.6 is 11.6 Å². The minimum atomic E-state index is -0.995. The van der Waals surface area contributed by atoms with Crippen LogP contribution in [-0.4, -0.2) is 23.5 Å². The summed E-state index contributed by atoms with van der Waals surface area (Å²) >= 11 is 5.36. The van der Waals surface area contributed by atoms with Crippen LogP contribution in [0.3, 0.4) is 0 Å². The fraction of sp³-hybridized carbons (Fsp3) is 0.333. The largest absolute Gasteiger partial charge is 0.481 e. The number of carboxylic acids is 1. The number of carboxylic acid groups (broad SMARTS) is 1. The molecule has 2 N–H and O–H groups in total. The number of hydrogen-bond acceptors (Lipinski definition) is 2. The lowest BCUT2D eigenvalue weighted by molar-refractivity contribution is -0.137. The molecular formula is C12H12ClF2NO3. The molecule has 1 aromatic rings. The molecule has 0 spiro atoms. The van der Waals surface area contributed by atoms with E-state index in [9.17, 15) is 18.4 Å². The van der Waals surface area contributed by atoms with Gasteiger partial charge >= 0.3 is 5.97 Å². The topological polar surface area (TPSA) is 66.4 Å². The van der Waals surface area contributed by atoms with Gasteiger partial charge in [-0.2, -0.15) is 0 Å². The summed E-state index contributed by atoms with van der Waals surface area (Å²) in [6.07, 6.45) is -0.127. The molecule has 0 aliphatic carbocycles. The highest BCUT2D eigenvalue weighted by molar-refractivity contribution is 6.30. The number of halogens is 3. The summed E-state index contributed by atoms with van der Waals surface area (Å²) in [5.41, 5.74) is -0.468. The van der Waals surface area contributed by atoms with Gasteiger partial charge in [-0.15, -0.1) is 0 Å². The van der Waals surface area contributed by atoms with Crippen molar-refractivity contribution in [1.82, 2.24) is 5.32 Å². The van der Waals surface area contributed by atoms with E-state index >= 15 is 0 Å². The summed E-state index contributed by atoms with van der Waals surface area (Å²) in [6.45, 7) is 1.67. The van der Waals surface area contributed by atoms with Gasteiger partial charge in [-0.3, -0.25) is 9.59 Å². The first-order valence-corrected chi connectivity index (χ1v) is 5.83. The molecule has 1 rings (SSSR count). The number of hydrogen-bond donors (Lipinski definition) is 2. The van der Waals surface area contributed by atoms with Gasteiger partial charge in [-0.1, -0.05) is 18.5 Å². The SMILES string of the molecule is CC(CNC(=O)c1cc(F)c(Cl)cc1F)CC(=O)O. The van der Waals surface area contributed by atoms with Gasteiger partial charge in [0.15, 0.2) is 0 Å². The maximum atomic E-state index is 13.4. The number of aliphatic carboxylic acids is 1. The molecule has 4 nitrogen and oxygen atoms in total. The Morgan fingerprint density at radius 2 is 2.00 bits per heavy atom. The van der Waals surface area contributed by atoms with Crippen molar-refractivity contribution in [3.05, 3.63) is 34.4 Å². The molecule has 0 aliphatic rings. The van der Waals surface area contributed by atoms with E-state index in [1.165, 1.54) is 0 Å². The predicted octanol–water partition coefficient (Wildman–Crippen LogP) is 2.46. The van der Waals surface area contributed by atoms with E-state index in [1.807, 2.05) is 0 Å². The van der Waals surface area contributed by atoms with Crippen LogP contribution in [0.4, 0.5) is 8.78 Å². The van der Waals surface area contributed by atoms with E-state index in [4.69, 9.17) is 16.7 Å². The van der Waals surface area contributed by atoms with Gasteiger partial charge in [0.25, 0.3) is 5.91 Å². The zero-order valence-corrected chi connectivity index (χ0v) is 10.8. The lowest BCUT2D eigenvalue weighted by atomic mass is 10.1. The Balaban J connectivity index is 2.69. The molecule has 0 aliphatic heterocycles. The van der Waals surface area contributed by atoms with Crippen LogP contribution in [0, 0.1) is 17.6 Å². The minimum absolute atomic E-state index is 0.0504. The second-order valence-electron chi connectivity index (χ2n) is 4.16. The third kappa shape index (κ3) is 4.48. The Morgan fingerprint density at radius 3 is 2.58 bits per heavy atom. The van der Waals surface area contributed by atoms with Crippen molar-refractivity contribution in [1.29, 1.82) is 0 Å². The molecule has 1 atom stereocenters. The first-order chi connectivity index (χ1) is 8.81. The van der Waals surface area contributed by atoms with Crippen LogP contribution in [0.5, 0.6) is 0 Å². The molecule has 0 bridgehead atoms. The van der Waals surface area contributed by atoms with Gasteiger partial charge in [0.2, 0.25) is 0 Å². The smallest absolute Gasteiger partial charge is 0.303 e. The molecule has 0 aromatic heterocycles. The number of nitrogens with one attached hydrogen (secondary N) is 1. The van der Waals surface area contributed by atoms with Gasteiger partial charge < -0.3 is 10.4 Å². The molecule has 0 fully saturated rings. The normalized spacial score (nSPS) is 12.0. The highest BCUT2D eigenvalue weighted by atomic mass is 35.5. The first kappa shape index (κ1) is 15.4. The second kappa shape index (κ2) is 6.47. The van der Waals surface area contributed by atoms with Crippen LogP contribution in [-0.2, 0) is 4.79 Å². The van der Waals surface area contributed by atoms with E-state index in [1.54, 1.807) is 6.92 Å². The molecule has 1 amide bonds. The molecule has 0 saturated carbocycles. The Hall–Kier alpha value is -1.69. The third-order valence-corrected chi connectivity index (χ3v) is 2.68. The number of carbonyl (C=O) groups excluding carboxylic acids is 1. The van der Waals surface area contributed by atoms with E-state index < -0.39 is 34.1 Å². The average Bonchev–Trinajstić information content (AvgIpc) is 2.30. The Morgan fingerprint density at radius 1 is 1.37 bits per heavy atom. The molecule has 104 valence electrons. The van der Waals surface area contributed by atoms with Crippen LogP contribution < -0.4 is 5.32 Å². The van der Waals surface area contributed by atoms with Crippen molar-refractivity contribution in [2.75, 3.05) is 6.54 Å². The fourth-order valence-corrected chi connectivity index (χ4v) is 1.58. The molecule has 7 heteroatoms. The van der Waals surface area contributed by atoms with Crippen molar-refractivity contribution in [3.8, 4) is 0 Å². The van der Waals surface area contributed by atoms with Gasteiger partial charge in [0.1, 0.15) is 11.6 Å². The van der Waals surface area contributed by atoms with Gasteiger partial charge in [-0.25, -0.2) is 8.78 Å². The number of benzene rings is 1. The van der Waals surface area contributed by atoms with Crippen molar-refractivity contribution < 1.29 is 23.5 Å². The minimum Gasteiger partial charge on any atom is -0.481 e. The molecule has 1 unspecified atom stereocenters. The standard InChI is InChI=1S/C12H12ClF2NO3/c1-6(2-11(17)18)5-16-12(19)7-3-10(15)8(13)4-9(7)14/h3-4,6H,2,5H2,1H3,(H,16,19)(H,17,18). The highest BCUT2D eigenvalue weighted by Crippen LogP contribution is 2.19. The molecule has 19 heavy (non-hydrogen) atoms. The van der Waals surface area contributed by atoms with Gasteiger partial charge in [0, 0.05) is 13.0 Å². The van der Waals surface area contributed by atoms with E-state index in [2.05, 4.69) is 5.32 Å². The third-order valence-electron chi connectivity index (χ3n) is 2.39. The highest BCUT2D eigenvalue weighted by Gasteiger charge is 2.16. The molecule has 1 aromatic carbocycles. The van der Waals surface area contributed by atoms with Crippen molar-refractivity contribution >= 4 is 23.5 Å². The van der Waals surface area contributed by atoms with Gasteiger partial charge in [-0.05, 0) is 18.1 Å². The second-order valence-corrected chi connectivity index (χ2v) is 4.57. The zero-order chi connectivity index (χ0) is 14.6. The van der Waals surface area contributed by atoms with Crippen LogP contribution in [0.1, 0.15) is 23.7 Å². The van der Waals surface area contributed by atoms with E-state index in [0.717, 1.165) is 0 Å². The number of rotatable bonds is 5. The average molecular weight is 292 g/mol.